The molecule has 0 amide bonds. The summed E-state index contributed by atoms with van der Waals surface area (Å²) in [6.07, 6.45) is 0. The molecule has 0 saturated carbocycles. The lowest BCUT2D eigenvalue weighted by Gasteiger charge is -2.14. The molecule has 2 aromatic carbocycles. The molecule has 0 bridgehead atoms. The van der Waals surface area contributed by atoms with Gasteiger partial charge in [-0.1, -0.05) is 29.8 Å². The monoisotopic (exact) mass is 363 g/mol. The van der Waals surface area contributed by atoms with Gasteiger partial charge >= 0.3 is 0 Å². The number of nitrogens with zero attached hydrogens (tertiary/aromatic N) is 4. The van der Waals surface area contributed by atoms with Crippen molar-refractivity contribution < 1.29 is 0 Å². The maximum absolute atomic E-state index is 6.27. The predicted molar refractivity (Wildman–Crippen MR) is 106 cm³/mol. The highest BCUT2D eigenvalue weighted by Gasteiger charge is 2.15. The Hall–Kier alpha value is -2.92. The van der Waals surface area contributed by atoms with E-state index in [1.165, 1.54) is 0 Å². The number of halogens is 1. The highest BCUT2D eigenvalue weighted by atomic mass is 35.5. The van der Waals surface area contributed by atoms with E-state index in [1.54, 1.807) is 0 Å². The summed E-state index contributed by atoms with van der Waals surface area (Å²) in [5.41, 5.74) is 5.43. The zero-order valence-electron chi connectivity index (χ0n) is 14.8. The van der Waals surface area contributed by atoms with Gasteiger partial charge in [0.15, 0.2) is 11.6 Å². The molecule has 0 aliphatic heterocycles. The molecule has 130 valence electrons. The Balaban J connectivity index is 1.93. The molecule has 0 aliphatic rings. The largest absolute Gasteiger partial charge is 0.337 e. The number of benzene rings is 2. The molecular formula is C20H18ClN5. The Morgan fingerprint density at radius 2 is 1.65 bits per heavy atom. The summed E-state index contributed by atoms with van der Waals surface area (Å²) >= 11 is 6.27. The Bertz CT molecular complexity index is 1120. The SMILES string of the molecule is Cc1cc(C)n(-c2nc3ccccc3nc2Nc2cccc(Cl)c2C)n1. The lowest BCUT2D eigenvalue weighted by molar-refractivity contribution is 0.808. The number of hydrogen-bond donors (Lipinski definition) is 1. The second-order valence-electron chi connectivity index (χ2n) is 6.26. The van der Waals surface area contributed by atoms with E-state index in [0.29, 0.717) is 16.7 Å². The number of nitrogens with one attached hydrogen (secondary N) is 1. The van der Waals surface area contributed by atoms with Crippen LogP contribution in [0, 0.1) is 20.8 Å². The van der Waals surface area contributed by atoms with Crippen LogP contribution in [0.3, 0.4) is 0 Å². The highest BCUT2D eigenvalue weighted by Crippen LogP contribution is 2.29. The summed E-state index contributed by atoms with van der Waals surface area (Å²) in [5, 5.41) is 8.67. The summed E-state index contributed by atoms with van der Waals surface area (Å²) in [5.74, 6) is 1.30. The first kappa shape index (κ1) is 16.5. The number of anilines is 2. The third kappa shape index (κ3) is 2.91. The van der Waals surface area contributed by atoms with Gasteiger partial charge in [-0.25, -0.2) is 14.6 Å². The zero-order valence-corrected chi connectivity index (χ0v) is 15.5. The van der Waals surface area contributed by atoms with Crippen molar-refractivity contribution in [1.82, 2.24) is 19.7 Å². The smallest absolute Gasteiger partial charge is 0.197 e. The van der Waals surface area contributed by atoms with E-state index in [9.17, 15) is 0 Å². The molecule has 1 N–H and O–H groups in total. The lowest BCUT2D eigenvalue weighted by Crippen LogP contribution is -2.09. The average molecular weight is 364 g/mol. The fourth-order valence-corrected chi connectivity index (χ4v) is 3.11. The van der Waals surface area contributed by atoms with E-state index in [-0.39, 0.29) is 0 Å². The lowest BCUT2D eigenvalue weighted by atomic mass is 10.2. The first-order valence-electron chi connectivity index (χ1n) is 8.35. The summed E-state index contributed by atoms with van der Waals surface area (Å²) in [7, 11) is 0. The average Bonchev–Trinajstić information content (AvgIpc) is 2.96. The Morgan fingerprint density at radius 3 is 2.35 bits per heavy atom. The minimum absolute atomic E-state index is 0.639. The number of aromatic nitrogens is 4. The van der Waals surface area contributed by atoms with Crippen LogP contribution in [0.5, 0.6) is 0 Å². The van der Waals surface area contributed by atoms with Crippen molar-refractivity contribution in [2.45, 2.75) is 20.8 Å². The number of aryl methyl sites for hydroxylation is 2. The van der Waals surface area contributed by atoms with Crippen LogP contribution in [0.2, 0.25) is 5.02 Å². The van der Waals surface area contributed by atoms with Gasteiger partial charge in [0, 0.05) is 16.4 Å². The van der Waals surface area contributed by atoms with Crippen LogP contribution < -0.4 is 5.32 Å². The maximum atomic E-state index is 6.27. The second kappa shape index (κ2) is 6.42. The van der Waals surface area contributed by atoms with E-state index in [2.05, 4.69) is 10.4 Å². The molecule has 2 heterocycles. The molecule has 0 fully saturated rings. The molecule has 0 radical (unpaired) electrons. The molecular weight excluding hydrogens is 346 g/mol. The quantitative estimate of drug-likeness (QED) is 0.547. The van der Waals surface area contributed by atoms with Gasteiger partial charge < -0.3 is 5.32 Å². The van der Waals surface area contributed by atoms with Crippen molar-refractivity contribution in [3.05, 3.63) is 70.5 Å². The van der Waals surface area contributed by atoms with Crippen LogP contribution in [0.1, 0.15) is 17.0 Å². The zero-order chi connectivity index (χ0) is 18.3. The molecule has 2 aromatic heterocycles. The topological polar surface area (TPSA) is 55.6 Å². The van der Waals surface area contributed by atoms with Crippen LogP contribution in [0.25, 0.3) is 16.9 Å². The van der Waals surface area contributed by atoms with Gasteiger partial charge in [0.2, 0.25) is 0 Å². The summed E-state index contributed by atoms with van der Waals surface area (Å²) in [6.45, 7) is 5.94. The first-order valence-corrected chi connectivity index (χ1v) is 8.73. The Kier molecular flexibility index (Phi) is 4.09. The molecule has 0 saturated heterocycles. The normalized spacial score (nSPS) is 11.1. The fraction of sp³-hybridized carbons (Fsp3) is 0.150. The number of rotatable bonds is 3. The van der Waals surface area contributed by atoms with Gasteiger partial charge in [-0.05, 0) is 56.7 Å². The Morgan fingerprint density at radius 1 is 0.923 bits per heavy atom. The van der Waals surface area contributed by atoms with E-state index in [0.717, 1.165) is 33.7 Å². The van der Waals surface area contributed by atoms with E-state index < -0.39 is 0 Å². The molecule has 0 aliphatic carbocycles. The molecule has 6 heteroatoms. The van der Waals surface area contributed by atoms with Crippen molar-refractivity contribution in [3.63, 3.8) is 0 Å². The van der Waals surface area contributed by atoms with Crippen molar-refractivity contribution >= 4 is 34.1 Å². The van der Waals surface area contributed by atoms with E-state index in [4.69, 9.17) is 21.6 Å². The summed E-state index contributed by atoms with van der Waals surface area (Å²) < 4.78 is 1.82. The maximum Gasteiger partial charge on any atom is 0.197 e. The molecule has 0 atom stereocenters. The van der Waals surface area contributed by atoms with E-state index in [1.807, 2.05) is 74.0 Å². The molecule has 0 spiro atoms. The third-order valence-electron chi connectivity index (χ3n) is 4.28. The van der Waals surface area contributed by atoms with Gasteiger partial charge in [-0.2, -0.15) is 5.10 Å². The predicted octanol–water partition coefficient (Wildman–Crippen LogP) is 5.14. The Labute approximate surface area is 156 Å². The number of para-hydroxylation sites is 2. The van der Waals surface area contributed by atoms with Crippen molar-refractivity contribution in [2.75, 3.05) is 5.32 Å². The summed E-state index contributed by atoms with van der Waals surface area (Å²) in [4.78, 5) is 9.60. The molecule has 0 unspecified atom stereocenters. The van der Waals surface area contributed by atoms with Gasteiger partial charge in [-0.3, -0.25) is 0 Å². The number of hydrogen-bond acceptors (Lipinski definition) is 4. The minimum Gasteiger partial charge on any atom is -0.337 e. The van der Waals surface area contributed by atoms with Crippen LogP contribution in [-0.2, 0) is 0 Å². The fourth-order valence-electron chi connectivity index (χ4n) is 2.94. The van der Waals surface area contributed by atoms with Crippen LogP contribution >= 0.6 is 11.6 Å². The molecule has 26 heavy (non-hydrogen) atoms. The van der Waals surface area contributed by atoms with Crippen molar-refractivity contribution in [3.8, 4) is 5.82 Å². The van der Waals surface area contributed by atoms with Crippen LogP contribution in [-0.4, -0.2) is 19.7 Å². The van der Waals surface area contributed by atoms with Gasteiger partial charge in [0.1, 0.15) is 0 Å². The van der Waals surface area contributed by atoms with Crippen molar-refractivity contribution in [2.24, 2.45) is 0 Å². The second-order valence-corrected chi connectivity index (χ2v) is 6.67. The van der Waals surface area contributed by atoms with Gasteiger partial charge in [0.25, 0.3) is 0 Å². The minimum atomic E-state index is 0.639. The summed E-state index contributed by atoms with van der Waals surface area (Å²) in [6, 6.07) is 15.6. The number of fused-ring (bicyclic) bond motifs is 1. The van der Waals surface area contributed by atoms with Gasteiger partial charge in [-0.15, -0.1) is 0 Å². The standard InChI is InChI=1S/C20H18ClN5/c1-12-11-13(2)26(25-12)20-19(22-16-10-6-7-15(21)14(16)3)23-17-8-4-5-9-18(17)24-20/h4-11H,1-3H3,(H,22,23). The van der Waals surface area contributed by atoms with Gasteiger partial charge in [0.05, 0.1) is 16.7 Å². The molecule has 4 rings (SSSR count). The van der Waals surface area contributed by atoms with Crippen LogP contribution in [0.15, 0.2) is 48.5 Å². The first-order chi connectivity index (χ1) is 12.5. The van der Waals surface area contributed by atoms with Crippen molar-refractivity contribution in [1.29, 1.82) is 0 Å². The third-order valence-corrected chi connectivity index (χ3v) is 4.69. The van der Waals surface area contributed by atoms with Crippen LogP contribution in [0.4, 0.5) is 11.5 Å². The molecule has 4 aromatic rings. The highest BCUT2D eigenvalue weighted by molar-refractivity contribution is 6.31. The molecule has 5 nitrogen and oxygen atoms in total. The van der Waals surface area contributed by atoms with E-state index >= 15 is 0 Å².